The molecule has 0 bridgehead atoms. The van der Waals surface area contributed by atoms with Crippen molar-refractivity contribution in [2.75, 3.05) is 0 Å². The van der Waals surface area contributed by atoms with Gasteiger partial charge in [0.2, 0.25) is 0 Å². The molecule has 4 aromatic rings. The smallest absolute Gasteiger partial charge is 0.258 e. The number of benzene rings is 2. The van der Waals surface area contributed by atoms with Gasteiger partial charge in [-0.1, -0.05) is 29.3 Å². The van der Waals surface area contributed by atoms with Gasteiger partial charge in [0, 0.05) is 12.1 Å². The standard InChI is InChI=1S/C20H15N4O2/c25-24(26)17-9-7-15(8-10-17)5-6-16-11-13-23(14-12-16)20-21-18-3-1-2-4-19(18)22-20/h1-14H,(H,21,22)/q+1/b6-5+. The average molecular weight is 343 g/mol. The van der Waals surface area contributed by atoms with Crippen molar-refractivity contribution in [3.8, 4) is 5.95 Å². The predicted molar refractivity (Wildman–Crippen MR) is 99.7 cm³/mol. The zero-order valence-electron chi connectivity index (χ0n) is 13.7. The first-order chi connectivity index (χ1) is 12.7. The van der Waals surface area contributed by atoms with Gasteiger partial charge in [-0.15, -0.1) is 0 Å². The molecule has 26 heavy (non-hydrogen) atoms. The third-order valence-corrected chi connectivity index (χ3v) is 4.05. The fourth-order valence-electron chi connectivity index (χ4n) is 2.65. The number of hydrogen-bond acceptors (Lipinski definition) is 3. The maximum atomic E-state index is 10.7. The average Bonchev–Trinajstić information content (AvgIpc) is 3.11. The Balaban J connectivity index is 1.52. The molecule has 4 rings (SSSR count). The lowest BCUT2D eigenvalue weighted by atomic mass is 10.1. The van der Waals surface area contributed by atoms with Crippen LogP contribution in [0.2, 0.25) is 0 Å². The Hall–Kier alpha value is -3.80. The lowest BCUT2D eigenvalue weighted by molar-refractivity contribution is -0.603. The van der Waals surface area contributed by atoms with E-state index in [0.717, 1.165) is 28.1 Å². The lowest BCUT2D eigenvalue weighted by Gasteiger charge is -1.97. The Morgan fingerprint density at radius 2 is 1.58 bits per heavy atom. The summed E-state index contributed by atoms with van der Waals surface area (Å²) in [5.41, 5.74) is 3.95. The fraction of sp³-hybridized carbons (Fsp3) is 0. The van der Waals surface area contributed by atoms with E-state index in [1.54, 1.807) is 12.1 Å². The maximum absolute atomic E-state index is 10.7. The highest BCUT2D eigenvalue weighted by molar-refractivity contribution is 5.75. The van der Waals surface area contributed by atoms with Gasteiger partial charge in [0.05, 0.1) is 17.3 Å². The third-order valence-electron chi connectivity index (χ3n) is 4.05. The van der Waals surface area contributed by atoms with Crippen molar-refractivity contribution in [2.24, 2.45) is 0 Å². The number of non-ortho nitro benzene ring substituents is 1. The number of nitro groups is 1. The number of para-hydroxylation sites is 2. The molecule has 6 heteroatoms. The normalized spacial score (nSPS) is 11.2. The molecule has 126 valence electrons. The van der Waals surface area contributed by atoms with E-state index in [9.17, 15) is 10.1 Å². The molecule has 0 unspecified atom stereocenters. The summed E-state index contributed by atoms with van der Waals surface area (Å²) in [7, 11) is 0. The number of aromatic nitrogens is 3. The van der Waals surface area contributed by atoms with E-state index in [2.05, 4.69) is 9.97 Å². The van der Waals surface area contributed by atoms with Gasteiger partial charge in [0.1, 0.15) is 5.52 Å². The van der Waals surface area contributed by atoms with Crippen LogP contribution in [0.15, 0.2) is 73.1 Å². The number of imidazole rings is 1. The number of nitrogens with zero attached hydrogens (tertiary/aromatic N) is 3. The summed E-state index contributed by atoms with van der Waals surface area (Å²) in [6.45, 7) is 0. The van der Waals surface area contributed by atoms with Crippen molar-refractivity contribution >= 4 is 28.9 Å². The van der Waals surface area contributed by atoms with Gasteiger partial charge in [0.15, 0.2) is 5.52 Å². The van der Waals surface area contributed by atoms with Crippen molar-refractivity contribution in [3.63, 3.8) is 0 Å². The molecule has 0 saturated heterocycles. The molecule has 0 atom stereocenters. The van der Waals surface area contributed by atoms with Gasteiger partial charge < -0.3 is 0 Å². The predicted octanol–water partition coefficient (Wildman–Crippen LogP) is 3.92. The molecule has 2 aromatic carbocycles. The summed E-state index contributed by atoms with van der Waals surface area (Å²) >= 11 is 0. The van der Waals surface area contributed by atoms with Gasteiger partial charge in [0.25, 0.3) is 5.69 Å². The van der Waals surface area contributed by atoms with Gasteiger partial charge in [-0.25, -0.2) is 9.55 Å². The highest BCUT2D eigenvalue weighted by atomic mass is 16.6. The van der Waals surface area contributed by atoms with Gasteiger partial charge in [-0.3, -0.25) is 10.1 Å². The molecular weight excluding hydrogens is 328 g/mol. The Kier molecular flexibility index (Phi) is 3.99. The molecule has 0 fully saturated rings. The minimum absolute atomic E-state index is 0.0914. The lowest BCUT2D eigenvalue weighted by Crippen LogP contribution is -2.30. The number of hydrogen-bond donors (Lipinski definition) is 1. The molecule has 0 radical (unpaired) electrons. The molecule has 2 aromatic heterocycles. The van der Waals surface area contributed by atoms with Crippen LogP contribution in [0.3, 0.4) is 0 Å². The minimum Gasteiger partial charge on any atom is -0.258 e. The molecule has 1 N–H and O–H groups in total. The maximum Gasteiger partial charge on any atom is 0.401 e. The highest BCUT2D eigenvalue weighted by Crippen LogP contribution is 2.14. The SMILES string of the molecule is O=[N+]([O-])c1ccc(/C=C/c2cc[n+](-c3nc4ccccc4[nH]3)cc2)cc1. The molecule has 0 amide bonds. The van der Waals surface area contributed by atoms with Crippen LogP contribution >= 0.6 is 0 Å². The second kappa shape index (κ2) is 6.60. The van der Waals surface area contributed by atoms with E-state index in [4.69, 9.17) is 0 Å². The number of nitrogens with one attached hydrogen (secondary N) is 1. The second-order valence-electron chi connectivity index (χ2n) is 5.80. The van der Waals surface area contributed by atoms with Crippen molar-refractivity contribution in [1.82, 2.24) is 9.97 Å². The van der Waals surface area contributed by atoms with Crippen LogP contribution in [0.25, 0.3) is 29.1 Å². The van der Waals surface area contributed by atoms with Crippen LogP contribution in [0.1, 0.15) is 11.1 Å². The first-order valence-electron chi connectivity index (χ1n) is 8.08. The molecular formula is C20H15N4O2+. The third kappa shape index (κ3) is 3.21. The van der Waals surface area contributed by atoms with Crippen molar-refractivity contribution in [2.45, 2.75) is 0 Å². The number of pyridine rings is 1. The Bertz CT molecular complexity index is 1060. The van der Waals surface area contributed by atoms with Crippen LogP contribution in [0, 0.1) is 10.1 Å². The van der Waals surface area contributed by atoms with Gasteiger partial charge in [-0.2, -0.15) is 0 Å². The van der Waals surface area contributed by atoms with Crippen molar-refractivity contribution in [1.29, 1.82) is 0 Å². The largest absolute Gasteiger partial charge is 0.401 e. The van der Waals surface area contributed by atoms with Crippen molar-refractivity contribution < 1.29 is 9.49 Å². The molecule has 0 aliphatic carbocycles. The van der Waals surface area contributed by atoms with E-state index in [1.807, 2.05) is 65.5 Å². The summed E-state index contributed by atoms with van der Waals surface area (Å²) in [5.74, 6) is 0.761. The van der Waals surface area contributed by atoms with Gasteiger partial charge >= 0.3 is 5.95 Å². The fourth-order valence-corrected chi connectivity index (χ4v) is 2.65. The summed E-state index contributed by atoms with van der Waals surface area (Å²) in [5, 5.41) is 10.7. The number of aromatic amines is 1. The van der Waals surface area contributed by atoms with E-state index >= 15 is 0 Å². The molecule has 0 aliphatic heterocycles. The molecule has 0 spiro atoms. The zero-order chi connectivity index (χ0) is 17.9. The number of nitro benzene ring substituents is 1. The Morgan fingerprint density at radius 1 is 0.923 bits per heavy atom. The second-order valence-corrected chi connectivity index (χ2v) is 5.80. The van der Waals surface area contributed by atoms with Crippen LogP contribution in [-0.2, 0) is 0 Å². The van der Waals surface area contributed by atoms with Crippen LogP contribution < -0.4 is 4.57 Å². The topological polar surface area (TPSA) is 75.7 Å². The molecule has 0 aliphatic rings. The Labute approximate surface area is 149 Å². The molecule has 6 nitrogen and oxygen atoms in total. The van der Waals surface area contributed by atoms with E-state index in [1.165, 1.54) is 12.1 Å². The van der Waals surface area contributed by atoms with E-state index in [-0.39, 0.29) is 5.69 Å². The van der Waals surface area contributed by atoms with Crippen molar-refractivity contribution in [3.05, 3.63) is 94.3 Å². The zero-order valence-corrected chi connectivity index (χ0v) is 13.7. The minimum atomic E-state index is -0.401. The highest BCUT2D eigenvalue weighted by Gasteiger charge is 2.12. The monoisotopic (exact) mass is 343 g/mol. The summed E-state index contributed by atoms with van der Waals surface area (Å²) in [6.07, 6.45) is 7.76. The van der Waals surface area contributed by atoms with Crippen LogP contribution in [0.5, 0.6) is 0 Å². The first-order valence-corrected chi connectivity index (χ1v) is 8.08. The summed E-state index contributed by atoms with van der Waals surface area (Å²) in [6, 6.07) is 18.3. The first kappa shape index (κ1) is 15.7. The van der Waals surface area contributed by atoms with E-state index in [0.29, 0.717) is 0 Å². The van der Waals surface area contributed by atoms with Crippen LogP contribution in [-0.4, -0.2) is 14.9 Å². The van der Waals surface area contributed by atoms with E-state index < -0.39 is 4.92 Å². The summed E-state index contributed by atoms with van der Waals surface area (Å²) in [4.78, 5) is 18.1. The Morgan fingerprint density at radius 3 is 2.23 bits per heavy atom. The molecule has 0 saturated carbocycles. The van der Waals surface area contributed by atoms with Crippen LogP contribution in [0.4, 0.5) is 5.69 Å². The number of H-pyrrole nitrogens is 1. The summed E-state index contributed by atoms with van der Waals surface area (Å²) < 4.78 is 1.92. The molecule has 2 heterocycles. The van der Waals surface area contributed by atoms with Gasteiger partial charge in [-0.05, 0) is 47.5 Å². The number of rotatable bonds is 4. The quantitative estimate of drug-likeness (QED) is 0.347. The number of fused-ring (bicyclic) bond motifs is 1.